The first-order chi connectivity index (χ1) is 5.72. The summed E-state index contributed by atoms with van der Waals surface area (Å²) < 4.78 is 0. The van der Waals surface area contributed by atoms with E-state index >= 15 is 0 Å². The molecular formula is C10H20N2. The molecule has 2 atom stereocenters. The Kier molecular flexibility index (Phi) is 3.76. The Hall–Kier alpha value is -0.340. The van der Waals surface area contributed by atoms with Gasteiger partial charge in [-0.2, -0.15) is 0 Å². The van der Waals surface area contributed by atoms with Crippen molar-refractivity contribution in [2.24, 2.45) is 0 Å². The normalized spacial score (nSPS) is 31.8. The first-order valence-corrected chi connectivity index (χ1v) is 4.78. The smallest absolute Gasteiger partial charge is 0.0200 e. The molecule has 70 valence electrons. The molecule has 2 heteroatoms. The number of nitrogens with zero attached hydrogens (tertiary/aromatic N) is 1. The molecule has 1 aliphatic rings. The Balaban J connectivity index is 2.28. The zero-order chi connectivity index (χ0) is 8.97. The van der Waals surface area contributed by atoms with Gasteiger partial charge in [0.25, 0.3) is 0 Å². The van der Waals surface area contributed by atoms with E-state index in [-0.39, 0.29) is 0 Å². The molecule has 0 aromatic heterocycles. The van der Waals surface area contributed by atoms with Crippen molar-refractivity contribution >= 4 is 0 Å². The molecule has 1 rings (SSSR count). The largest absolute Gasteiger partial charge is 0.309 e. The van der Waals surface area contributed by atoms with Gasteiger partial charge in [-0.3, -0.25) is 0 Å². The van der Waals surface area contributed by atoms with Crippen molar-refractivity contribution in [3.05, 3.63) is 12.7 Å². The maximum absolute atomic E-state index is 3.74. The molecule has 1 fully saturated rings. The summed E-state index contributed by atoms with van der Waals surface area (Å²) in [6.45, 7) is 8.34. The highest BCUT2D eigenvalue weighted by molar-refractivity contribution is 4.83. The van der Waals surface area contributed by atoms with E-state index in [9.17, 15) is 0 Å². The molecule has 0 spiro atoms. The molecule has 1 N–H and O–H groups in total. The number of piperazine rings is 1. The van der Waals surface area contributed by atoms with Crippen molar-refractivity contribution in [2.75, 3.05) is 20.1 Å². The number of allylic oxidation sites excluding steroid dienone is 1. The first kappa shape index (κ1) is 9.75. The Bertz CT molecular complexity index is 135. The van der Waals surface area contributed by atoms with Crippen molar-refractivity contribution in [3.63, 3.8) is 0 Å². The van der Waals surface area contributed by atoms with Crippen LogP contribution in [0, 0.1) is 0 Å². The van der Waals surface area contributed by atoms with Crippen molar-refractivity contribution in [1.29, 1.82) is 0 Å². The van der Waals surface area contributed by atoms with E-state index in [1.165, 1.54) is 19.5 Å². The van der Waals surface area contributed by atoms with Crippen LogP contribution in [0.25, 0.3) is 0 Å². The lowest BCUT2D eigenvalue weighted by Crippen LogP contribution is -2.53. The van der Waals surface area contributed by atoms with Gasteiger partial charge < -0.3 is 10.2 Å². The molecule has 0 bridgehead atoms. The molecule has 0 aliphatic carbocycles. The van der Waals surface area contributed by atoms with Crippen LogP contribution in [0.4, 0.5) is 0 Å². The van der Waals surface area contributed by atoms with Crippen LogP contribution in [0.3, 0.4) is 0 Å². The van der Waals surface area contributed by atoms with Gasteiger partial charge in [0, 0.05) is 25.2 Å². The van der Waals surface area contributed by atoms with Gasteiger partial charge in [-0.15, -0.1) is 6.58 Å². The summed E-state index contributed by atoms with van der Waals surface area (Å²) >= 11 is 0. The molecule has 1 heterocycles. The lowest BCUT2D eigenvalue weighted by molar-refractivity contribution is 0.194. The fourth-order valence-electron chi connectivity index (χ4n) is 1.92. The van der Waals surface area contributed by atoms with Crippen LogP contribution in [0.15, 0.2) is 12.7 Å². The zero-order valence-corrected chi connectivity index (χ0v) is 8.21. The second-order valence-corrected chi connectivity index (χ2v) is 3.85. The number of rotatable bonds is 3. The Morgan fingerprint density at radius 3 is 2.92 bits per heavy atom. The fourth-order valence-corrected chi connectivity index (χ4v) is 1.92. The summed E-state index contributed by atoms with van der Waals surface area (Å²) in [6, 6.07) is 1.30. The molecule has 0 radical (unpaired) electrons. The summed E-state index contributed by atoms with van der Waals surface area (Å²) in [6.07, 6.45) is 4.34. The molecule has 1 aliphatic heterocycles. The average molecular weight is 168 g/mol. The topological polar surface area (TPSA) is 15.3 Å². The van der Waals surface area contributed by atoms with Gasteiger partial charge in [-0.25, -0.2) is 0 Å². The lowest BCUT2D eigenvalue weighted by atomic mass is 10.1. The maximum Gasteiger partial charge on any atom is 0.0200 e. The van der Waals surface area contributed by atoms with Crippen molar-refractivity contribution in [2.45, 2.75) is 31.8 Å². The third-order valence-electron chi connectivity index (χ3n) is 2.36. The van der Waals surface area contributed by atoms with Crippen LogP contribution in [-0.2, 0) is 0 Å². The van der Waals surface area contributed by atoms with E-state index < -0.39 is 0 Å². The first-order valence-electron chi connectivity index (χ1n) is 4.78. The molecule has 12 heavy (non-hydrogen) atoms. The van der Waals surface area contributed by atoms with Gasteiger partial charge in [0.1, 0.15) is 0 Å². The Labute approximate surface area is 75.6 Å². The second kappa shape index (κ2) is 4.63. The Morgan fingerprint density at radius 1 is 1.58 bits per heavy atom. The molecular weight excluding hydrogens is 148 g/mol. The molecule has 0 aromatic rings. The van der Waals surface area contributed by atoms with Crippen LogP contribution in [0.5, 0.6) is 0 Å². The number of likely N-dealkylation sites (N-methyl/N-ethyl adjacent to an activating group) is 1. The number of hydrogen-bond acceptors (Lipinski definition) is 2. The summed E-state index contributed by atoms with van der Waals surface area (Å²) in [5.74, 6) is 0. The maximum atomic E-state index is 3.74. The van der Waals surface area contributed by atoms with Crippen LogP contribution in [0.2, 0.25) is 0 Å². The fraction of sp³-hybridized carbons (Fsp3) is 0.800. The molecule has 0 amide bonds. The summed E-state index contributed by atoms with van der Waals surface area (Å²) in [5.41, 5.74) is 0. The number of nitrogens with one attached hydrogen (secondary N) is 1. The molecule has 0 saturated carbocycles. The van der Waals surface area contributed by atoms with Gasteiger partial charge in [-0.05, 0) is 26.8 Å². The van der Waals surface area contributed by atoms with E-state index in [1.807, 2.05) is 6.08 Å². The Morgan fingerprint density at radius 2 is 2.33 bits per heavy atom. The van der Waals surface area contributed by atoms with Crippen LogP contribution >= 0.6 is 0 Å². The van der Waals surface area contributed by atoms with Crippen molar-refractivity contribution < 1.29 is 0 Å². The zero-order valence-electron chi connectivity index (χ0n) is 8.21. The van der Waals surface area contributed by atoms with Gasteiger partial charge >= 0.3 is 0 Å². The third kappa shape index (κ3) is 2.95. The van der Waals surface area contributed by atoms with E-state index in [0.29, 0.717) is 12.1 Å². The predicted octanol–water partition coefficient (Wildman–Crippen LogP) is 1.24. The molecule has 0 unspecified atom stereocenters. The number of hydrogen-bond donors (Lipinski definition) is 1. The summed E-state index contributed by atoms with van der Waals surface area (Å²) in [4.78, 5) is 2.40. The SMILES string of the molecule is C=CCC[C@@H]1CN(C)C[C@H](C)N1. The summed E-state index contributed by atoms with van der Waals surface area (Å²) in [5, 5.41) is 3.59. The molecule has 1 saturated heterocycles. The van der Waals surface area contributed by atoms with Gasteiger partial charge in [0.2, 0.25) is 0 Å². The van der Waals surface area contributed by atoms with E-state index in [4.69, 9.17) is 0 Å². The summed E-state index contributed by atoms with van der Waals surface area (Å²) in [7, 11) is 2.19. The predicted molar refractivity (Wildman–Crippen MR) is 53.3 cm³/mol. The van der Waals surface area contributed by atoms with Gasteiger partial charge in [0.05, 0.1) is 0 Å². The quantitative estimate of drug-likeness (QED) is 0.638. The highest BCUT2D eigenvalue weighted by Gasteiger charge is 2.20. The van der Waals surface area contributed by atoms with Crippen molar-refractivity contribution in [3.8, 4) is 0 Å². The highest BCUT2D eigenvalue weighted by Crippen LogP contribution is 2.06. The highest BCUT2D eigenvalue weighted by atomic mass is 15.2. The minimum Gasteiger partial charge on any atom is -0.309 e. The van der Waals surface area contributed by atoms with E-state index in [1.54, 1.807) is 0 Å². The molecule has 0 aromatic carbocycles. The minimum absolute atomic E-state index is 0.638. The monoisotopic (exact) mass is 168 g/mol. The van der Waals surface area contributed by atoms with Crippen molar-refractivity contribution in [1.82, 2.24) is 10.2 Å². The van der Waals surface area contributed by atoms with E-state index in [2.05, 4.69) is 30.8 Å². The third-order valence-corrected chi connectivity index (χ3v) is 2.36. The lowest BCUT2D eigenvalue weighted by Gasteiger charge is -2.35. The second-order valence-electron chi connectivity index (χ2n) is 3.85. The van der Waals surface area contributed by atoms with Gasteiger partial charge in [0.15, 0.2) is 0 Å². The molecule has 2 nitrogen and oxygen atoms in total. The standard InChI is InChI=1S/C10H20N2/c1-4-5-6-10-8-12(3)7-9(2)11-10/h4,9-11H,1,5-8H2,2-3H3/t9-,10+/m0/s1. The van der Waals surface area contributed by atoms with Gasteiger partial charge in [-0.1, -0.05) is 6.08 Å². The average Bonchev–Trinajstić information content (AvgIpc) is 1.99. The van der Waals surface area contributed by atoms with Crippen LogP contribution < -0.4 is 5.32 Å². The minimum atomic E-state index is 0.638. The van der Waals surface area contributed by atoms with Crippen LogP contribution in [-0.4, -0.2) is 37.1 Å². The van der Waals surface area contributed by atoms with E-state index in [0.717, 1.165) is 6.42 Å². The van der Waals surface area contributed by atoms with Crippen LogP contribution in [0.1, 0.15) is 19.8 Å².